The van der Waals surface area contributed by atoms with Gasteiger partial charge >= 0.3 is 0 Å². The van der Waals surface area contributed by atoms with E-state index in [4.69, 9.17) is 5.73 Å². The molecule has 0 bridgehead atoms. The van der Waals surface area contributed by atoms with Crippen LogP contribution in [0.4, 0.5) is 5.69 Å². The van der Waals surface area contributed by atoms with Crippen LogP contribution in [0.15, 0.2) is 23.4 Å². The molecule has 1 fully saturated rings. The Labute approximate surface area is 126 Å². The van der Waals surface area contributed by atoms with Crippen molar-refractivity contribution in [3.63, 3.8) is 0 Å². The first-order chi connectivity index (χ1) is 10.1. The van der Waals surface area contributed by atoms with Crippen LogP contribution in [-0.4, -0.2) is 46.4 Å². The highest BCUT2D eigenvalue weighted by molar-refractivity contribution is 8.00. The lowest BCUT2D eigenvalue weighted by Gasteiger charge is -2.14. The molecule has 0 unspecified atom stereocenters. The topological polar surface area (TPSA) is 105 Å². The summed E-state index contributed by atoms with van der Waals surface area (Å²) in [6.45, 7) is 0.509. The second-order valence-corrected chi connectivity index (χ2v) is 5.61. The molecule has 112 valence electrons. The second kappa shape index (κ2) is 7.07. The van der Waals surface area contributed by atoms with E-state index in [0.717, 1.165) is 11.3 Å². The Morgan fingerprint density at radius 2 is 2.24 bits per heavy atom. The van der Waals surface area contributed by atoms with E-state index in [2.05, 4.69) is 10.3 Å². The zero-order valence-electron chi connectivity index (χ0n) is 11.4. The van der Waals surface area contributed by atoms with Gasteiger partial charge in [-0.15, -0.1) is 11.8 Å². The van der Waals surface area contributed by atoms with E-state index < -0.39 is 11.8 Å². The summed E-state index contributed by atoms with van der Waals surface area (Å²) >= 11 is 1.23. The predicted molar refractivity (Wildman–Crippen MR) is 78.3 cm³/mol. The summed E-state index contributed by atoms with van der Waals surface area (Å²) in [7, 11) is 0. The number of likely N-dealkylation sites (tertiary alicyclic amines) is 1. The number of nitrogens with two attached hydrogens (primary N) is 1. The number of hydrogen-bond acceptors (Lipinski definition) is 6. The van der Waals surface area contributed by atoms with Crippen LogP contribution < -0.4 is 11.1 Å². The van der Waals surface area contributed by atoms with E-state index in [1.165, 1.54) is 22.9 Å². The molecule has 0 saturated carbocycles. The first-order valence-corrected chi connectivity index (χ1v) is 7.47. The van der Waals surface area contributed by atoms with Gasteiger partial charge in [-0.1, -0.05) is 0 Å². The minimum Gasteiger partial charge on any atom is -0.397 e. The number of nitrogen functional groups attached to an aromatic ring is 1. The van der Waals surface area contributed by atoms with Crippen LogP contribution in [0.25, 0.3) is 0 Å². The molecule has 3 N–H and O–H groups in total. The summed E-state index contributed by atoms with van der Waals surface area (Å²) in [5.74, 6) is -0.837. The molecule has 0 aliphatic carbocycles. The van der Waals surface area contributed by atoms with E-state index >= 15 is 0 Å². The Kier molecular flexibility index (Phi) is 5.15. The maximum atomic E-state index is 11.7. The quantitative estimate of drug-likeness (QED) is 0.743. The smallest absolute Gasteiger partial charge is 0.246 e. The maximum Gasteiger partial charge on any atom is 0.246 e. The number of nitrogens with one attached hydrogen (secondary N) is 1. The number of thioether (sulfide) groups is 1. The van der Waals surface area contributed by atoms with Crippen molar-refractivity contribution in [2.24, 2.45) is 0 Å². The van der Waals surface area contributed by atoms with Gasteiger partial charge in [-0.25, -0.2) is 0 Å². The molecule has 2 rings (SSSR count). The third kappa shape index (κ3) is 4.45. The van der Waals surface area contributed by atoms with Crippen LogP contribution in [-0.2, 0) is 14.4 Å². The lowest BCUT2D eigenvalue weighted by molar-refractivity contribution is -0.135. The molecule has 7 nitrogen and oxygen atoms in total. The van der Waals surface area contributed by atoms with Gasteiger partial charge in [0.25, 0.3) is 0 Å². The number of imide groups is 1. The van der Waals surface area contributed by atoms with E-state index in [1.807, 2.05) is 0 Å². The second-order valence-electron chi connectivity index (χ2n) is 4.59. The van der Waals surface area contributed by atoms with Crippen LogP contribution in [0.1, 0.15) is 12.8 Å². The van der Waals surface area contributed by atoms with Crippen molar-refractivity contribution < 1.29 is 14.4 Å². The minimum atomic E-state index is -0.460. The zero-order chi connectivity index (χ0) is 15.2. The number of amides is 3. The zero-order valence-corrected chi connectivity index (χ0v) is 12.2. The maximum absolute atomic E-state index is 11.7. The highest BCUT2D eigenvalue weighted by atomic mass is 32.2. The summed E-state index contributed by atoms with van der Waals surface area (Å²) in [6, 6.07) is 1.71. The predicted octanol–water partition coefficient (Wildman–Crippen LogP) is 0.0211. The molecule has 1 aliphatic heterocycles. The summed E-state index contributed by atoms with van der Waals surface area (Å²) in [5, 5.41) is 2.27. The fraction of sp³-hybridized carbons (Fsp3) is 0.385. The molecule has 1 saturated heterocycles. The molecule has 1 aromatic heterocycles. The van der Waals surface area contributed by atoms with Crippen LogP contribution in [0, 0.1) is 0 Å². The lowest BCUT2D eigenvalue weighted by Crippen LogP contribution is -2.41. The van der Waals surface area contributed by atoms with Crippen molar-refractivity contribution in [1.82, 2.24) is 15.2 Å². The molecule has 21 heavy (non-hydrogen) atoms. The van der Waals surface area contributed by atoms with E-state index in [9.17, 15) is 14.4 Å². The standard InChI is InChI=1S/C13H16N4O3S/c14-9-6-15-4-3-10(9)21-8-12(19)16-11(18)7-17-5-1-2-13(17)20/h3-4,6H,1-2,5,7-8,14H2,(H,16,18,19). The van der Waals surface area contributed by atoms with Crippen molar-refractivity contribution in [2.45, 2.75) is 17.7 Å². The van der Waals surface area contributed by atoms with Crippen LogP contribution in [0.5, 0.6) is 0 Å². The van der Waals surface area contributed by atoms with E-state index in [0.29, 0.717) is 18.7 Å². The molecular weight excluding hydrogens is 292 g/mol. The number of pyridine rings is 1. The van der Waals surface area contributed by atoms with E-state index in [-0.39, 0.29) is 18.2 Å². The van der Waals surface area contributed by atoms with Crippen molar-refractivity contribution in [2.75, 3.05) is 24.6 Å². The third-order valence-corrected chi connectivity index (χ3v) is 4.04. The van der Waals surface area contributed by atoms with Gasteiger partial charge in [-0.2, -0.15) is 0 Å². The molecule has 2 heterocycles. The minimum absolute atomic E-state index is 0.0449. The van der Waals surface area contributed by atoms with E-state index in [1.54, 1.807) is 12.3 Å². The Morgan fingerprint density at radius 1 is 1.43 bits per heavy atom. The number of carbonyl (C=O) groups excluding carboxylic acids is 3. The molecular formula is C13H16N4O3S. The molecule has 0 radical (unpaired) electrons. The molecule has 1 aromatic rings. The molecule has 1 aliphatic rings. The Bertz CT molecular complexity index is 564. The van der Waals surface area contributed by atoms with Gasteiger partial charge in [0.05, 0.1) is 24.2 Å². The Hall–Kier alpha value is -2.09. The van der Waals surface area contributed by atoms with Crippen LogP contribution in [0.3, 0.4) is 0 Å². The fourth-order valence-electron chi connectivity index (χ4n) is 1.94. The van der Waals surface area contributed by atoms with Crippen molar-refractivity contribution in [1.29, 1.82) is 0 Å². The number of rotatable bonds is 5. The number of carbonyl (C=O) groups is 3. The summed E-state index contributed by atoms with van der Waals surface area (Å²) in [4.78, 5) is 40.8. The molecule has 3 amide bonds. The van der Waals surface area contributed by atoms with Crippen molar-refractivity contribution in [3.05, 3.63) is 18.5 Å². The highest BCUT2D eigenvalue weighted by Crippen LogP contribution is 2.22. The molecule has 0 spiro atoms. The average molecular weight is 308 g/mol. The van der Waals surface area contributed by atoms with Gasteiger partial charge in [0.15, 0.2) is 0 Å². The molecule has 0 atom stereocenters. The number of anilines is 1. The van der Waals surface area contributed by atoms with Crippen molar-refractivity contribution >= 4 is 35.2 Å². The number of aromatic nitrogens is 1. The first-order valence-electron chi connectivity index (χ1n) is 6.49. The van der Waals surface area contributed by atoms with Gasteiger partial charge < -0.3 is 10.6 Å². The normalized spacial score (nSPS) is 14.3. The van der Waals surface area contributed by atoms with Crippen LogP contribution >= 0.6 is 11.8 Å². The van der Waals surface area contributed by atoms with Crippen molar-refractivity contribution in [3.8, 4) is 0 Å². The average Bonchev–Trinajstić information content (AvgIpc) is 2.83. The third-order valence-electron chi connectivity index (χ3n) is 2.95. The fourth-order valence-corrected chi connectivity index (χ4v) is 2.68. The number of nitrogens with zero attached hydrogens (tertiary/aromatic N) is 2. The van der Waals surface area contributed by atoms with Gasteiger partial charge in [0, 0.05) is 24.1 Å². The van der Waals surface area contributed by atoms with Crippen LogP contribution in [0.2, 0.25) is 0 Å². The van der Waals surface area contributed by atoms with Gasteiger partial charge in [-0.05, 0) is 12.5 Å². The lowest BCUT2D eigenvalue weighted by atomic mass is 10.4. The summed E-state index contributed by atoms with van der Waals surface area (Å²) < 4.78 is 0. The molecule has 0 aromatic carbocycles. The largest absolute Gasteiger partial charge is 0.397 e. The summed E-state index contributed by atoms with van der Waals surface area (Å²) in [5.41, 5.74) is 6.20. The van der Waals surface area contributed by atoms with Gasteiger partial charge in [0.2, 0.25) is 17.7 Å². The van der Waals surface area contributed by atoms with Gasteiger partial charge in [-0.3, -0.25) is 24.7 Å². The monoisotopic (exact) mass is 308 g/mol. The van der Waals surface area contributed by atoms with Gasteiger partial charge in [0.1, 0.15) is 0 Å². The Morgan fingerprint density at radius 3 is 2.90 bits per heavy atom. The summed E-state index contributed by atoms with van der Waals surface area (Å²) in [6.07, 6.45) is 4.32. The Balaban J connectivity index is 1.75. The highest BCUT2D eigenvalue weighted by Gasteiger charge is 2.22. The SMILES string of the molecule is Nc1cnccc1SCC(=O)NC(=O)CN1CCCC1=O. The first kappa shape index (κ1) is 15.3. The molecule has 8 heteroatoms. The number of hydrogen-bond donors (Lipinski definition) is 2.